The standard InChI is InChI=1S/C13H14FNO6S/c1-8(16)11-4-3-9(5-12(11)14)15-6-10(21-13(15)17)7-20-22(2,18)19/h3-5,10H,6-7H2,1-2H3/t10-/m1/s1. The fraction of sp³-hybridized carbons (Fsp3) is 0.385. The molecule has 1 atom stereocenters. The smallest absolute Gasteiger partial charge is 0.414 e. The fourth-order valence-electron chi connectivity index (χ4n) is 1.98. The molecule has 0 saturated carbocycles. The molecule has 2 rings (SSSR count). The van der Waals surface area contributed by atoms with E-state index in [0.717, 1.165) is 17.2 Å². The van der Waals surface area contributed by atoms with Crippen LogP contribution in [0.3, 0.4) is 0 Å². The van der Waals surface area contributed by atoms with E-state index in [-0.39, 0.29) is 24.4 Å². The molecule has 0 unspecified atom stereocenters. The zero-order chi connectivity index (χ0) is 16.5. The van der Waals surface area contributed by atoms with E-state index in [1.165, 1.54) is 19.1 Å². The highest BCUT2D eigenvalue weighted by atomic mass is 32.2. The Labute approximate surface area is 126 Å². The topological polar surface area (TPSA) is 90.0 Å². The maximum atomic E-state index is 13.8. The summed E-state index contributed by atoms with van der Waals surface area (Å²) in [5.74, 6) is -1.17. The van der Waals surface area contributed by atoms with Crippen LogP contribution in [-0.2, 0) is 19.0 Å². The van der Waals surface area contributed by atoms with Gasteiger partial charge in [0.2, 0.25) is 0 Å². The summed E-state index contributed by atoms with van der Waals surface area (Å²) in [6, 6.07) is 3.75. The lowest BCUT2D eigenvalue weighted by atomic mass is 10.1. The second kappa shape index (κ2) is 6.01. The number of nitrogens with zero attached hydrogens (tertiary/aromatic N) is 1. The van der Waals surface area contributed by atoms with Crippen LogP contribution in [0, 0.1) is 5.82 Å². The molecule has 22 heavy (non-hydrogen) atoms. The highest BCUT2D eigenvalue weighted by molar-refractivity contribution is 7.85. The first-order valence-corrected chi connectivity index (χ1v) is 8.12. The third-order valence-electron chi connectivity index (χ3n) is 2.99. The Balaban J connectivity index is 2.12. The fourth-order valence-corrected chi connectivity index (χ4v) is 2.38. The number of hydrogen-bond donors (Lipinski definition) is 0. The summed E-state index contributed by atoms with van der Waals surface area (Å²) in [6.45, 7) is 0.947. The van der Waals surface area contributed by atoms with Crippen LogP contribution in [0.2, 0.25) is 0 Å². The predicted molar refractivity (Wildman–Crippen MR) is 74.8 cm³/mol. The molecule has 0 N–H and O–H groups in total. The lowest BCUT2D eigenvalue weighted by molar-refractivity contribution is 0.101. The quantitative estimate of drug-likeness (QED) is 0.597. The van der Waals surface area contributed by atoms with Gasteiger partial charge in [-0.3, -0.25) is 13.9 Å². The van der Waals surface area contributed by atoms with Crippen LogP contribution in [0.15, 0.2) is 18.2 Å². The minimum Gasteiger partial charge on any atom is -0.441 e. The summed E-state index contributed by atoms with van der Waals surface area (Å²) in [5, 5.41) is 0. The Hall–Kier alpha value is -2.00. The number of Topliss-reactive ketones (excluding diaryl/α,β-unsaturated/α-hetero) is 1. The van der Waals surface area contributed by atoms with Crippen molar-refractivity contribution in [1.82, 2.24) is 0 Å². The lowest BCUT2D eigenvalue weighted by Crippen LogP contribution is -2.26. The van der Waals surface area contributed by atoms with Gasteiger partial charge in [0, 0.05) is 0 Å². The third-order valence-corrected chi connectivity index (χ3v) is 3.55. The summed E-state index contributed by atoms with van der Waals surface area (Å²) in [5.41, 5.74) is 0.141. The Morgan fingerprint density at radius 1 is 1.50 bits per heavy atom. The molecule has 0 aromatic heterocycles. The number of halogens is 1. The van der Waals surface area contributed by atoms with Crippen LogP contribution < -0.4 is 4.90 Å². The zero-order valence-electron chi connectivity index (χ0n) is 11.9. The van der Waals surface area contributed by atoms with E-state index in [1.54, 1.807) is 0 Å². The van der Waals surface area contributed by atoms with E-state index in [2.05, 4.69) is 4.18 Å². The van der Waals surface area contributed by atoms with Gasteiger partial charge in [-0.2, -0.15) is 8.42 Å². The van der Waals surface area contributed by atoms with E-state index >= 15 is 0 Å². The molecule has 1 saturated heterocycles. The Bertz CT molecular complexity index is 717. The molecule has 0 radical (unpaired) electrons. The molecule has 0 bridgehead atoms. The maximum Gasteiger partial charge on any atom is 0.414 e. The third kappa shape index (κ3) is 3.80. The molecular weight excluding hydrogens is 317 g/mol. The van der Waals surface area contributed by atoms with Crippen LogP contribution in [-0.4, -0.2) is 45.8 Å². The number of hydrogen-bond acceptors (Lipinski definition) is 6. The van der Waals surface area contributed by atoms with Gasteiger partial charge in [0.15, 0.2) is 5.78 Å². The zero-order valence-corrected chi connectivity index (χ0v) is 12.7. The summed E-state index contributed by atoms with van der Waals surface area (Å²) in [6.07, 6.45) is -0.632. The SMILES string of the molecule is CC(=O)c1ccc(N2C[C@H](COS(C)(=O)=O)OC2=O)cc1F. The van der Waals surface area contributed by atoms with Gasteiger partial charge in [0.1, 0.15) is 18.5 Å². The van der Waals surface area contributed by atoms with E-state index < -0.39 is 33.9 Å². The van der Waals surface area contributed by atoms with Gasteiger partial charge in [-0.25, -0.2) is 9.18 Å². The minimum atomic E-state index is -3.64. The molecule has 1 aliphatic heterocycles. The summed E-state index contributed by atoms with van der Waals surface area (Å²) >= 11 is 0. The van der Waals surface area contributed by atoms with E-state index in [9.17, 15) is 22.4 Å². The van der Waals surface area contributed by atoms with E-state index in [4.69, 9.17) is 4.74 Å². The van der Waals surface area contributed by atoms with Crippen molar-refractivity contribution < 1.29 is 31.3 Å². The molecule has 1 heterocycles. The number of carbonyl (C=O) groups excluding carboxylic acids is 2. The highest BCUT2D eigenvalue weighted by Crippen LogP contribution is 2.24. The van der Waals surface area contributed by atoms with Crippen molar-refractivity contribution in [3.8, 4) is 0 Å². The molecular formula is C13H14FNO6S. The molecule has 7 nitrogen and oxygen atoms in total. The first-order valence-electron chi connectivity index (χ1n) is 6.30. The summed E-state index contributed by atoms with van der Waals surface area (Å²) in [4.78, 5) is 24.1. The number of benzene rings is 1. The second-order valence-corrected chi connectivity index (χ2v) is 6.47. The molecule has 0 spiro atoms. The number of ketones is 1. The van der Waals surface area contributed by atoms with Gasteiger partial charge in [-0.1, -0.05) is 0 Å². The van der Waals surface area contributed by atoms with E-state index in [0.29, 0.717) is 0 Å². The molecule has 0 aliphatic carbocycles. The predicted octanol–water partition coefficient (Wildman–Crippen LogP) is 1.33. The van der Waals surface area contributed by atoms with Crippen molar-refractivity contribution in [2.45, 2.75) is 13.0 Å². The molecule has 1 aromatic rings. The number of cyclic esters (lactones) is 1. The van der Waals surface area contributed by atoms with Crippen LogP contribution in [0.25, 0.3) is 0 Å². The molecule has 1 aromatic carbocycles. The van der Waals surface area contributed by atoms with Gasteiger partial charge in [0.25, 0.3) is 10.1 Å². The number of amides is 1. The van der Waals surface area contributed by atoms with Crippen molar-refractivity contribution >= 4 is 27.7 Å². The van der Waals surface area contributed by atoms with Crippen LogP contribution in [0.1, 0.15) is 17.3 Å². The van der Waals surface area contributed by atoms with E-state index in [1.807, 2.05) is 0 Å². The van der Waals surface area contributed by atoms with Crippen molar-refractivity contribution in [2.24, 2.45) is 0 Å². The van der Waals surface area contributed by atoms with Crippen molar-refractivity contribution in [1.29, 1.82) is 0 Å². The lowest BCUT2D eigenvalue weighted by Gasteiger charge is -2.13. The Kier molecular flexibility index (Phi) is 4.47. The summed E-state index contributed by atoms with van der Waals surface area (Å²) < 4.78 is 45.1. The van der Waals surface area contributed by atoms with Crippen LogP contribution >= 0.6 is 0 Å². The van der Waals surface area contributed by atoms with Gasteiger partial charge in [-0.05, 0) is 25.1 Å². The number of rotatable bonds is 5. The molecule has 120 valence electrons. The number of carbonyl (C=O) groups is 2. The van der Waals surface area contributed by atoms with Gasteiger partial charge in [-0.15, -0.1) is 0 Å². The summed E-state index contributed by atoms with van der Waals surface area (Å²) in [7, 11) is -3.64. The molecule has 1 fully saturated rings. The monoisotopic (exact) mass is 331 g/mol. The number of anilines is 1. The van der Waals surface area contributed by atoms with Gasteiger partial charge in [0.05, 0.1) is 24.1 Å². The van der Waals surface area contributed by atoms with Crippen molar-refractivity contribution in [3.05, 3.63) is 29.6 Å². The first kappa shape index (κ1) is 16.4. The highest BCUT2D eigenvalue weighted by Gasteiger charge is 2.33. The van der Waals surface area contributed by atoms with Crippen LogP contribution in [0.4, 0.5) is 14.9 Å². The Morgan fingerprint density at radius 3 is 2.73 bits per heavy atom. The molecule has 1 aliphatic rings. The first-order chi connectivity index (χ1) is 10.2. The normalized spacial score (nSPS) is 18.4. The largest absolute Gasteiger partial charge is 0.441 e. The van der Waals surface area contributed by atoms with Gasteiger partial charge < -0.3 is 4.74 Å². The second-order valence-electron chi connectivity index (χ2n) is 4.83. The van der Waals surface area contributed by atoms with Crippen LogP contribution in [0.5, 0.6) is 0 Å². The van der Waals surface area contributed by atoms with Crippen molar-refractivity contribution in [3.63, 3.8) is 0 Å². The molecule has 9 heteroatoms. The molecule has 1 amide bonds. The van der Waals surface area contributed by atoms with Crippen molar-refractivity contribution in [2.75, 3.05) is 24.3 Å². The average Bonchev–Trinajstić information content (AvgIpc) is 2.76. The Morgan fingerprint density at radius 2 is 2.18 bits per heavy atom. The van der Waals surface area contributed by atoms with Gasteiger partial charge >= 0.3 is 6.09 Å². The maximum absolute atomic E-state index is 13.8. The minimum absolute atomic E-state index is 0.0210. The average molecular weight is 331 g/mol. The number of ether oxygens (including phenoxy) is 1.